The summed E-state index contributed by atoms with van der Waals surface area (Å²) in [6.45, 7) is 2.36. The van der Waals surface area contributed by atoms with E-state index in [9.17, 15) is 0 Å². The van der Waals surface area contributed by atoms with Gasteiger partial charge in [0.15, 0.2) is 0 Å². The highest BCUT2D eigenvalue weighted by atomic mass is 16.5. The van der Waals surface area contributed by atoms with E-state index in [1.54, 1.807) is 6.26 Å². The maximum absolute atomic E-state index is 5.25. The molecule has 0 aliphatic heterocycles. The summed E-state index contributed by atoms with van der Waals surface area (Å²) < 4.78 is 9.67. The van der Waals surface area contributed by atoms with Crippen molar-refractivity contribution in [2.24, 2.45) is 0 Å². The normalized spacial score (nSPS) is 10.4. The minimum absolute atomic E-state index is 0.0366. The largest absolute Gasteiger partial charge is 0.390 e. The molecule has 0 aliphatic carbocycles. The minimum Gasteiger partial charge on any atom is -0.390 e. The van der Waals surface area contributed by atoms with Crippen molar-refractivity contribution in [1.82, 2.24) is 15.4 Å². The Morgan fingerprint density at radius 2 is 2.36 bits per heavy atom. The van der Waals surface area contributed by atoms with Gasteiger partial charge in [-0.3, -0.25) is 0 Å². The summed E-state index contributed by atoms with van der Waals surface area (Å²) in [5.41, 5.74) is 7.00. The van der Waals surface area contributed by atoms with Crippen LogP contribution in [0.5, 0.6) is 0 Å². The molecule has 0 spiro atoms. The van der Waals surface area contributed by atoms with Crippen molar-refractivity contribution in [2.75, 3.05) is 11.1 Å². The van der Waals surface area contributed by atoms with Crippen molar-refractivity contribution in [3.8, 4) is 0 Å². The Hall–Kier alpha value is -2.05. The number of nitrogens with zero attached hydrogens (tertiary/aromatic N) is 3. The third-order valence-corrected chi connectivity index (χ3v) is 1.72. The predicted octanol–water partition coefficient (Wildman–Crippen LogP) is 0.560. The number of aryl methyl sites for hydroxylation is 1. The minimum atomic E-state index is 0.0366. The first-order chi connectivity index (χ1) is 6.75. The van der Waals surface area contributed by atoms with Crippen LogP contribution in [0.4, 0.5) is 12.0 Å². The number of nitrogen functional groups attached to an aromatic ring is 1. The molecule has 0 aliphatic rings. The van der Waals surface area contributed by atoms with E-state index in [1.807, 2.05) is 6.92 Å². The van der Waals surface area contributed by atoms with Crippen LogP contribution in [0.3, 0.4) is 0 Å². The van der Waals surface area contributed by atoms with E-state index < -0.39 is 0 Å². The molecule has 2 rings (SSSR count). The molecule has 2 aromatic heterocycles. The summed E-state index contributed by atoms with van der Waals surface area (Å²) in [4.78, 5) is 0. The Balaban J connectivity index is 1.98. The number of aromatic nitrogens is 3. The van der Waals surface area contributed by atoms with Crippen LogP contribution in [0, 0.1) is 6.92 Å². The Morgan fingerprint density at radius 3 is 2.93 bits per heavy atom. The topological polar surface area (TPSA) is 103 Å². The van der Waals surface area contributed by atoms with Crippen molar-refractivity contribution < 1.29 is 8.94 Å². The van der Waals surface area contributed by atoms with Gasteiger partial charge >= 0.3 is 12.0 Å². The lowest BCUT2D eigenvalue weighted by Crippen LogP contribution is -1.99. The van der Waals surface area contributed by atoms with Gasteiger partial charge in [-0.25, -0.2) is 0 Å². The Kier molecular flexibility index (Phi) is 2.05. The van der Waals surface area contributed by atoms with Gasteiger partial charge in [0.25, 0.3) is 0 Å². The molecule has 3 N–H and O–H groups in total. The zero-order chi connectivity index (χ0) is 9.97. The average Bonchev–Trinajstić information content (AvgIpc) is 2.72. The average molecular weight is 195 g/mol. The van der Waals surface area contributed by atoms with Crippen LogP contribution in [0.25, 0.3) is 0 Å². The second kappa shape index (κ2) is 3.36. The fraction of sp³-hybridized carbons (Fsp3) is 0.286. The summed E-state index contributed by atoms with van der Waals surface area (Å²) in [5.74, 6) is 0. The highest BCUT2D eigenvalue weighted by Gasteiger charge is 2.05. The van der Waals surface area contributed by atoms with Crippen molar-refractivity contribution in [1.29, 1.82) is 0 Å². The second-order valence-corrected chi connectivity index (χ2v) is 2.72. The Morgan fingerprint density at radius 1 is 1.50 bits per heavy atom. The molecular formula is C7H9N5O2. The molecule has 0 amide bonds. The molecular weight excluding hydrogens is 186 g/mol. The van der Waals surface area contributed by atoms with Gasteiger partial charge in [0.2, 0.25) is 0 Å². The number of nitrogens with two attached hydrogens (primary N) is 1. The molecule has 0 saturated carbocycles. The summed E-state index contributed by atoms with van der Waals surface area (Å²) in [5, 5.41) is 13.8. The number of anilines is 2. The number of nitrogens with one attached hydrogen (secondary N) is 1. The van der Waals surface area contributed by atoms with Gasteiger partial charge in [-0.15, -0.1) is 0 Å². The summed E-state index contributed by atoms with van der Waals surface area (Å²) in [6, 6.07) is 0.317. The van der Waals surface area contributed by atoms with E-state index in [-0.39, 0.29) is 12.0 Å². The third kappa shape index (κ3) is 1.65. The van der Waals surface area contributed by atoms with Gasteiger partial charge in [0, 0.05) is 12.1 Å². The summed E-state index contributed by atoms with van der Waals surface area (Å²) >= 11 is 0. The van der Waals surface area contributed by atoms with Crippen LogP contribution in [-0.4, -0.2) is 15.4 Å². The lowest BCUT2D eigenvalue weighted by Gasteiger charge is -1.97. The molecule has 2 heterocycles. The van der Waals surface area contributed by atoms with E-state index in [4.69, 9.17) is 14.7 Å². The van der Waals surface area contributed by atoms with Gasteiger partial charge in [0.1, 0.15) is 6.26 Å². The fourth-order valence-electron chi connectivity index (χ4n) is 0.959. The third-order valence-electron chi connectivity index (χ3n) is 1.72. The van der Waals surface area contributed by atoms with Crippen molar-refractivity contribution >= 4 is 12.0 Å². The number of rotatable bonds is 3. The van der Waals surface area contributed by atoms with Crippen LogP contribution in [0.15, 0.2) is 15.2 Å². The first-order valence-corrected chi connectivity index (χ1v) is 3.98. The Labute approximate surface area is 79.3 Å². The zero-order valence-electron chi connectivity index (χ0n) is 7.52. The van der Waals surface area contributed by atoms with E-state index in [2.05, 4.69) is 20.7 Å². The molecule has 0 bridgehead atoms. The first kappa shape index (κ1) is 8.54. The lowest BCUT2D eigenvalue weighted by molar-refractivity contribution is 0.414. The molecule has 14 heavy (non-hydrogen) atoms. The molecule has 0 saturated heterocycles. The van der Waals surface area contributed by atoms with Crippen LogP contribution in [0.2, 0.25) is 0 Å². The standard InChI is InChI=1S/C7H9N5O2/c1-4-5(3-13-12-4)2-9-7-11-10-6(8)14-7/h3H,2H2,1H3,(H2,8,10)(H,9,11). The second-order valence-electron chi connectivity index (χ2n) is 2.72. The van der Waals surface area contributed by atoms with Crippen molar-refractivity contribution in [3.63, 3.8) is 0 Å². The van der Waals surface area contributed by atoms with E-state index in [1.165, 1.54) is 0 Å². The highest BCUT2D eigenvalue weighted by Crippen LogP contribution is 2.10. The summed E-state index contributed by atoms with van der Waals surface area (Å²) in [7, 11) is 0. The number of hydrogen-bond acceptors (Lipinski definition) is 7. The molecule has 0 radical (unpaired) electrons. The van der Waals surface area contributed by atoms with Crippen molar-refractivity contribution in [2.45, 2.75) is 13.5 Å². The predicted molar refractivity (Wildman–Crippen MR) is 47.3 cm³/mol. The monoisotopic (exact) mass is 195 g/mol. The van der Waals surface area contributed by atoms with Crippen LogP contribution < -0.4 is 11.1 Å². The van der Waals surface area contributed by atoms with Crippen molar-refractivity contribution in [3.05, 3.63) is 17.5 Å². The van der Waals surface area contributed by atoms with Gasteiger partial charge in [-0.2, -0.15) is 0 Å². The quantitative estimate of drug-likeness (QED) is 0.737. The van der Waals surface area contributed by atoms with Gasteiger partial charge in [-0.05, 0) is 6.92 Å². The molecule has 0 unspecified atom stereocenters. The van der Waals surface area contributed by atoms with Crippen LogP contribution >= 0.6 is 0 Å². The zero-order valence-corrected chi connectivity index (χ0v) is 7.52. The molecule has 2 aromatic rings. The first-order valence-electron chi connectivity index (χ1n) is 3.98. The molecule has 7 heteroatoms. The highest BCUT2D eigenvalue weighted by molar-refractivity contribution is 5.25. The van der Waals surface area contributed by atoms with Crippen LogP contribution in [0.1, 0.15) is 11.3 Å². The molecule has 0 fully saturated rings. The Bertz CT molecular complexity index is 421. The lowest BCUT2D eigenvalue weighted by atomic mass is 10.3. The molecule has 0 aromatic carbocycles. The van der Waals surface area contributed by atoms with E-state index in [0.717, 1.165) is 11.3 Å². The smallest absolute Gasteiger partial charge is 0.317 e. The maximum Gasteiger partial charge on any atom is 0.317 e. The maximum atomic E-state index is 5.25. The van der Waals surface area contributed by atoms with E-state index >= 15 is 0 Å². The number of hydrogen-bond donors (Lipinski definition) is 2. The van der Waals surface area contributed by atoms with Gasteiger partial charge in [0.05, 0.1) is 5.69 Å². The molecule has 7 nitrogen and oxygen atoms in total. The van der Waals surface area contributed by atoms with Crippen LogP contribution in [-0.2, 0) is 6.54 Å². The molecule has 74 valence electrons. The SMILES string of the molecule is Cc1nocc1CNc1nnc(N)o1. The van der Waals surface area contributed by atoms with Gasteiger partial charge in [-0.1, -0.05) is 15.4 Å². The molecule has 0 atom stereocenters. The summed E-state index contributed by atoms with van der Waals surface area (Å²) in [6.07, 6.45) is 1.56. The van der Waals surface area contributed by atoms with Gasteiger partial charge < -0.3 is 20.0 Å². The fourth-order valence-corrected chi connectivity index (χ4v) is 0.959. The van der Waals surface area contributed by atoms with E-state index in [0.29, 0.717) is 6.54 Å².